The third kappa shape index (κ3) is 3.50. The van der Waals surface area contributed by atoms with Crippen molar-refractivity contribution in [3.05, 3.63) is 34.9 Å². The highest BCUT2D eigenvalue weighted by Crippen LogP contribution is 2.37. The van der Waals surface area contributed by atoms with Crippen molar-refractivity contribution in [3.8, 4) is 0 Å². The molecule has 106 valence electrons. The Kier molecular flexibility index (Phi) is 5.68. The Bertz CT molecular complexity index is 396. The van der Waals surface area contributed by atoms with E-state index in [1.54, 1.807) is 0 Å². The van der Waals surface area contributed by atoms with E-state index in [-0.39, 0.29) is 0 Å². The fourth-order valence-electron chi connectivity index (χ4n) is 2.99. The molecule has 1 fully saturated rings. The lowest BCUT2D eigenvalue weighted by Crippen LogP contribution is -2.33. The molecule has 2 nitrogen and oxygen atoms in total. The molecule has 1 aliphatic heterocycles. The van der Waals surface area contributed by atoms with Crippen molar-refractivity contribution < 1.29 is 4.74 Å². The Labute approximate surface area is 121 Å². The predicted molar refractivity (Wildman–Crippen MR) is 80.6 cm³/mol. The first-order chi connectivity index (χ1) is 9.27. The van der Waals surface area contributed by atoms with Gasteiger partial charge in [0.2, 0.25) is 0 Å². The average molecular weight is 282 g/mol. The first-order valence-electron chi connectivity index (χ1n) is 7.37. The van der Waals surface area contributed by atoms with Crippen molar-refractivity contribution in [1.29, 1.82) is 0 Å². The lowest BCUT2D eigenvalue weighted by molar-refractivity contribution is 0.0774. The highest BCUT2D eigenvalue weighted by molar-refractivity contribution is 6.31. The molecule has 0 bridgehead atoms. The van der Waals surface area contributed by atoms with Crippen LogP contribution in [0.3, 0.4) is 0 Å². The maximum absolute atomic E-state index is 6.39. The zero-order chi connectivity index (χ0) is 13.7. The van der Waals surface area contributed by atoms with E-state index in [1.165, 1.54) is 5.56 Å². The van der Waals surface area contributed by atoms with Crippen LogP contribution < -0.4 is 5.32 Å². The highest BCUT2D eigenvalue weighted by Gasteiger charge is 2.34. The molecule has 0 spiro atoms. The summed E-state index contributed by atoms with van der Waals surface area (Å²) >= 11 is 6.39. The van der Waals surface area contributed by atoms with Crippen LogP contribution in [-0.4, -0.2) is 19.3 Å². The Balaban J connectivity index is 2.22. The summed E-state index contributed by atoms with van der Waals surface area (Å²) in [5.74, 6) is 0.524. The Hall–Kier alpha value is -0.570. The average Bonchev–Trinajstić information content (AvgIpc) is 2.89. The van der Waals surface area contributed by atoms with Crippen molar-refractivity contribution in [2.75, 3.05) is 13.2 Å². The summed E-state index contributed by atoms with van der Waals surface area (Å²) in [4.78, 5) is 0. The molecular formula is C16H24ClNO. The topological polar surface area (TPSA) is 21.3 Å². The molecule has 1 N–H and O–H groups in total. The van der Waals surface area contributed by atoms with Gasteiger partial charge >= 0.3 is 0 Å². The number of nitrogens with one attached hydrogen (secondary N) is 1. The minimum absolute atomic E-state index is 0.307. The van der Waals surface area contributed by atoms with Gasteiger partial charge in [0.25, 0.3) is 0 Å². The molecule has 3 unspecified atom stereocenters. The first-order valence-corrected chi connectivity index (χ1v) is 7.75. The summed E-state index contributed by atoms with van der Waals surface area (Å²) in [6.07, 6.45) is 3.67. The van der Waals surface area contributed by atoms with Crippen LogP contribution in [0.1, 0.15) is 44.7 Å². The van der Waals surface area contributed by atoms with Crippen LogP contribution in [0, 0.1) is 5.92 Å². The molecule has 0 aliphatic carbocycles. The van der Waals surface area contributed by atoms with Gasteiger partial charge in [-0.1, -0.05) is 43.6 Å². The van der Waals surface area contributed by atoms with Gasteiger partial charge in [-0.2, -0.15) is 0 Å². The maximum atomic E-state index is 6.39. The van der Waals surface area contributed by atoms with E-state index >= 15 is 0 Å². The van der Waals surface area contributed by atoms with Gasteiger partial charge in [-0.15, -0.1) is 0 Å². The van der Waals surface area contributed by atoms with Gasteiger partial charge in [-0.25, -0.2) is 0 Å². The molecule has 0 amide bonds. The monoisotopic (exact) mass is 281 g/mol. The van der Waals surface area contributed by atoms with Crippen LogP contribution in [0.15, 0.2) is 24.3 Å². The summed E-state index contributed by atoms with van der Waals surface area (Å²) in [6.45, 7) is 6.28. The summed E-state index contributed by atoms with van der Waals surface area (Å²) in [5.41, 5.74) is 1.21. The summed E-state index contributed by atoms with van der Waals surface area (Å²) in [5, 5.41) is 4.53. The predicted octanol–water partition coefficient (Wildman–Crippen LogP) is 4.20. The Morgan fingerprint density at radius 3 is 2.84 bits per heavy atom. The van der Waals surface area contributed by atoms with Gasteiger partial charge in [0, 0.05) is 23.6 Å². The number of rotatable bonds is 6. The molecular weight excluding hydrogens is 258 g/mol. The molecule has 1 aliphatic rings. The lowest BCUT2D eigenvalue weighted by atomic mass is 9.86. The van der Waals surface area contributed by atoms with Crippen molar-refractivity contribution >= 4 is 11.6 Å². The fourth-order valence-corrected chi connectivity index (χ4v) is 3.24. The lowest BCUT2D eigenvalue weighted by Gasteiger charge is -2.29. The molecule has 0 radical (unpaired) electrons. The van der Waals surface area contributed by atoms with E-state index in [9.17, 15) is 0 Å². The van der Waals surface area contributed by atoms with Gasteiger partial charge in [-0.3, -0.25) is 0 Å². The second kappa shape index (κ2) is 7.28. The molecule has 1 aromatic rings. The molecule has 1 heterocycles. The van der Waals surface area contributed by atoms with Crippen molar-refractivity contribution in [2.24, 2.45) is 5.92 Å². The summed E-state index contributed by atoms with van der Waals surface area (Å²) in [6, 6.07) is 8.49. The van der Waals surface area contributed by atoms with E-state index in [0.29, 0.717) is 18.1 Å². The Morgan fingerprint density at radius 1 is 1.37 bits per heavy atom. The smallest absolute Gasteiger partial charge is 0.0619 e. The Morgan fingerprint density at radius 2 is 2.16 bits per heavy atom. The van der Waals surface area contributed by atoms with Gasteiger partial charge < -0.3 is 10.1 Å². The van der Waals surface area contributed by atoms with E-state index < -0.39 is 0 Å². The third-order valence-corrected chi connectivity index (χ3v) is 4.29. The van der Waals surface area contributed by atoms with Gasteiger partial charge in [0.1, 0.15) is 0 Å². The number of halogens is 1. The second-order valence-electron chi connectivity index (χ2n) is 5.22. The minimum atomic E-state index is 0.307. The van der Waals surface area contributed by atoms with Crippen molar-refractivity contribution in [1.82, 2.24) is 5.32 Å². The quantitative estimate of drug-likeness (QED) is 0.844. The molecule has 19 heavy (non-hydrogen) atoms. The molecule has 2 rings (SSSR count). The van der Waals surface area contributed by atoms with E-state index in [1.807, 2.05) is 12.1 Å². The summed E-state index contributed by atoms with van der Waals surface area (Å²) in [7, 11) is 0. The summed E-state index contributed by atoms with van der Waals surface area (Å²) < 4.78 is 5.85. The zero-order valence-electron chi connectivity index (χ0n) is 11.9. The first kappa shape index (κ1) is 14.8. The van der Waals surface area contributed by atoms with Crippen LogP contribution in [0.25, 0.3) is 0 Å². The minimum Gasteiger partial charge on any atom is -0.378 e. The van der Waals surface area contributed by atoms with Crippen LogP contribution in [0.4, 0.5) is 0 Å². The molecule has 1 saturated heterocycles. The van der Waals surface area contributed by atoms with Gasteiger partial charge in [0.15, 0.2) is 0 Å². The number of ether oxygens (including phenoxy) is 1. The molecule has 1 aromatic carbocycles. The standard InChI is InChI=1S/C16H24ClNO/c1-3-10-18-16(12-7-5-6-8-14(12)17)13-9-11-19-15(13)4-2/h5-8,13,15-16,18H,3-4,9-11H2,1-2H3. The number of benzene rings is 1. The van der Waals surface area contributed by atoms with Crippen LogP contribution >= 0.6 is 11.6 Å². The zero-order valence-corrected chi connectivity index (χ0v) is 12.6. The molecule has 0 saturated carbocycles. The van der Waals surface area contributed by atoms with Gasteiger partial charge in [0.05, 0.1) is 6.10 Å². The molecule has 3 atom stereocenters. The molecule has 3 heteroatoms. The molecule has 0 aromatic heterocycles. The van der Waals surface area contributed by atoms with Crippen LogP contribution in [0.2, 0.25) is 5.02 Å². The van der Waals surface area contributed by atoms with E-state index in [2.05, 4.69) is 31.3 Å². The normalized spacial score (nSPS) is 24.6. The van der Waals surface area contributed by atoms with Gasteiger partial charge in [-0.05, 0) is 37.4 Å². The third-order valence-electron chi connectivity index (χ3n) is 3.95. The fraction of sp³-hybridized carbons (Fsp3) is 0.625. The maximum Gasteiger partial charge on any atom is 0.0619 e. The van der Waals surface area contributed by atoms with Crippen molar-refractivity contribution in [3.63, 3.8) is 0 Å². The SMILES string of the molecule is CCCNC(c1ccccc1Cl)C1CCOC1CC. The largest absolute Gasteiger partial charge is 0.378 e. The van der Waals surface area contributed by atoms with Crippen LogP contribution in [-0.2, 0) is 4.74 Å². The highest BCUT2D eigenvalue weighted by atomic mass is 35.5. The van der Waals surface area contributed by atoms with Crippen molar-refractivity contribution in [2.45, 2.75) is 45.3 Å². The van der Waals surface area contributed by atoms with E-state index in [0.717, 1.165) is 37.4 Å². The number of hydrogen-bond acceptors (Lipinski definition) is 2. The second-order valence-corrected chi connectivity index (χ2v) is 5.63. The van der Waals surface area contributed by atoms with Crippen LogP contribution in [0.5, 0.6) is 0 Å². The van der Waals surface area contributed by atoms with E-state index in [4.69, 9.17) is 16.3 Å². The number of hydrogen-bond donors (Lipinski definition) is 1.